The van der Waals surface area contributed by atoms with Gasteiger partial charge in [-0.05, 0) is 32.9 Å². The number of aromatic nitrogens is 3. The summed E-state index contributed by atoms with van der Waals surface area (Å²) >= 11 is 0. The highest BCUT2D eigenvalue weighted by atomic mass is 16.6. The average molecular weight is 372 g/mol. The predicted molar refractivity (Wildman–Crippen MR) is 104 cm³/mol. The van der Waals surface area contributed by atoms with Crippen molar-refractivity contribution in [1.29, 1.82) is 0 Å². The molecule has 0 aromatic carbocycles. The van der Waals surface area contributed by atoms with Gasteiger partial charge in [-0.25, -0.2) is 20.4 Å². The third-order valence-electron chi connectivity index (χ3n) is 4.09. The molecule has 1 aliphatic rings. The maximum absolute atomic E-state index is 11.7. The van der Waals surface area contributed by atoms with Crippen molar-refractivity contribution in [2.24, 2.45) is 0 Å². The van der Waals surface area contributed by atoms with Gasteiger partial charge in [-0.3, -0.25) is 15.5 Å². The maximum Gasteiger partial charge on any atom is 0.354 e. The summed E-state index contributed by atoms with van der Waals surface area (Å²) in [6.07, 6.45) is 3.11. The minimum atomic E-state index is -0.437. The fraction of sp³-hybridized carbons (Fsp3) is 0.471. The first-order valence-corrected chi connectivity index (χ1v) is 8.78. The molecule has 1 saturated heterocycles. The van der Waals surface area contributed by atoms with Crippen LogP contribution in [-0.4, -0.2) is 51.6 Å². The number of nitrogens with zero attached hydrogens (tertiary/aromatic N) is 6. The quantitative estimate of drug-likeness (QED) is 0.599. The third kappa shape index (κ3) is 4.59. The van der Waals surface area contributed by atoms with Crippen LogP contribution in [0.1, 0.15) is 20.8 Å². The third-order valence-corrected chi connectivity index (χ3v) is 4.09. The number of anilines is 3. The van der Waals surface area contributed by atoms with E-state index in [1.807, 2.05) is 43.9 Å². The zero-order chi connectivity index (χ0) is 19.4. The van der Waals surface area contributed by atoms with Gasteiger partial charge in [0, 0.05) is 37.9 Å². The summed E-state index contributed by atoms with van der Waals surface area (Å²) in [7, 11) is 0. The first-order chi connectivity index (χ1) is 12.8. The molecule has 10 heteroatoms. The van der Waals surface area contributed by atoms with Gasteiger partial charge in [0.2, 0.25) is 11.6 Å². The zero-order valence-electron chi connectivity index (χ0n) is 15.7. The first kappa shape index (κ1) is 18.8. The van der Waals surface area contributed by atoms with Crippen molar-refractivity contribution in [3.05, 3.63) is 40.8 Å². The number of nitrogens with one attached hydrogen (secondary N) is 2. The van der Waals surface area contributed by atoms with Crippen LogP contribution in [-0.2, 0) is 0 Å². The van der Waals surface area contributed by atoms with Crippen molar-refractivity contribution >= 4 is 23.1 Å². The highest BCUT2D eigenvalue weighted by Crippen LogP contribution is 2.32. The molecule has 0 saturated carbocycles. The topological polar surface area (TPSA) is 112 Å². The molecule has 0 spiro atoms. The molecular weight excluding hydrogens is 348 g/mol. The Bertz CT molecular complexity index is 785. The van der Waals surface area contributed by atoms with Gasteiger partial charge in [0.25, 0.3) is 0 Å². The van der Waals surface area contributed by atoms with Crippen LogP contribution in [0.15, 0.2) is 30.7 Å². The Hall–Kier alpha value is -3.01. The fourth-order valence-electron chi connectivity index (χ4n) is 2.80. The molecule has 3 heterocycles. The molecule has 2 aromatic rings. The van der Waals surface area contributed by atoms with Crippen LogP contribution in [0, 0.1) is 10.1 Å². The van der Waals surface area contributed by atoms with Gasteiger partial charge in [-0.15, -0.1) is 0 Å². The van der Waals surface area contributed by atoms with Gasteiger partial charge in [0.15, 0.2) is 0 Å². The molecule has 0 atom stereocenters. The van der Waals surface area contributed by atoms with Crippen LogP contribution in [0.3, 0.4) is 0 Å². The largest absolute Gasteiger partial charge is 0.354 e. The van der Waals surface area contributed by atoms with Crippen LogP contribution in [0.2, 0.25) is 0 Å². The highest BCUT2D eigenvalue weighted by molar-refractivity contribution is 5.70. The summed E-state index contributed by atoms with van der Waals surface area (Å²) in [6.45, 7) is 8.49. The summed E-state index contributed by atoms with van der Waals surface area (Å²) in [6, 6.07) is 5.79. The fourth-order valence-corrected chi connectivity index (χ4v) is 2.80. The molecule has 0 amide bonds. The Kier molecular flexibility index (Phi) is 5.36. The zero-order valence-corrected chi connectivity index (χ0v) is 15.7. The SMILES string of the molecule is CC(C)(C)NNc1ncnc(N2CCN(c3ccccn3)CC2)c1[N+](=O)[O-]. The monoisotopic (exact) mass is 372 g/mol. The standard InChI is InChI=1S/C17H24N8O2/c1-17(2,3)22-21-15-14(25(26)27)16(20-12-19-15)24-10-8-23(9-11-24)13-6-4-5-7-18-13/h4-7,12,22H,8-11H2,1-3H3,(H,19,20,21). The van der Waals surface area contributed by atoms with E-state index in [9.17, 15) is 10.1 Å². The van der Waals surface area contributed by atoms with E-state index in [4.69, 9.17) is 0 Å². The second-order valence-corrected chi connectivity index (χ2v) is 7.31. The van der Waals surface area contributed by atoms with E-state index in [1.54, 1.807) is 6.20 Å². The number of hydrogen-bond donors (Lipinski definition) is 2. The summed E-state index contributed by atoms with van der Waals surface area (Å²) < 4.78 is 0. The van der Waals surface area contributed by atoms with Crippen molar-refractivity contribution in [1.82, 2.24) is 20.4 Å². The van der Waals surface area contributed by atoms with E-state index in [2.05, 4.69) is 30.7 Å². The number of piperazine rings is 1. The second-order valence-electron chi connectivity index (χ2n) is 7.31. The van der Waals surface area contributed by atoms with Gasteiger partial charge in [0.1, 0.15) is 12.1 Å². The molecular formula is C17H24N8O2. The molecule has 2 N–H and O–H groups in total. The molecule has 1 fully saturated rings. The Morgan fingerprint density at radius 2 is 1.78 bits per heavy atom. The molecule has 144 valence electrons. The molecule has 10 nitrogen and oxygen atoms in total. The molecule has 1 aliphatic heterocycles. The van der Waals surface area contributed by atoms with Crippen LogP contribution >= 0.6 is 0 Å². The molecule has 0 bridgehead atoms. The summed E-state index contributed by atoms with van der Waals surface area (Å²) in [5.74, 6) is 1.40. The molecule has 3 rings (SSSR count). The normalized spacial score (nSPS) is 14.9. The van der Waals surface area contributed by atoms with E-state index in [1.165, 1.54) is 6.33 Å². The summed E-state index contributed by atoms with van der Waals surface area (Å²) in [4.78, 5) is 28.0. The lowest BCUT2D eigenvalue weighted by molar-refractivity contribution is -0.383. The van der Waals surface area contributed by atoms with Crippen molar-refractivity contribution in [2.45, 2.75) is 26.3 Å². The molecule has 0 aliphatic carbocycles. The number of pyridine rings is 1. The minimum absolute atomic E-state index is 0.125. The van der Waals surface area contributed by atoms with Crippen molar-refractivity contribution in [3.63, 3.8) is 0 Å². The van der Waals surface area contributed by atoms with Gasteiger partial charge in [0.05, 0.1) is 4.92 Å². The van der Waals surface area contributed by atoms with Crippen LogP contribution in [0.4, 0.5) is 23.1 Å². The Morgan fingerprint density at radius 1 is 1.07 bits per heavy atom. The molecule has 0 radical (unpaired) electrons. The van der Waals surface area contributed by atoms with Gasteiger partial charge < -0.3 is 9.80 Å². The van der Waals surface area contributed by atoms with Gasteiger partial charge in [-0.1, -0.05) is 6.07 Å². The Labute approximate surface area is 157 Å². The second kappa shape index (κ2) is 7.70. The van der Waals surface area contributed by atoms with Gasteiger partial charge in [-0.2, -0.15) is 0 Å². The Balaban J connectivity index is 1.77. The lowest BCUT2D eigenvalue weighted by Crippen LogP contribution is -2.47. The molecule has 27 heavy (non-hydrogen) atoms. The average Bonchev–Trinajstić information content (AvgIpc) is 2.66. The number of hydrazine groups is 1. The van der Waals surface area contributed by atoms with Crippen molar-refractivity contribution in [2.75, 3.05) is 41.4 Å². The van der Waals surface area contributed by atoms with Crippen LogP contribution in [0.25, 0.3) is 0 Å². The van der Waals surface area contributed by atoms with Crippen molar-refractivity contribution in [3.8, 4) is 0 Å². The van der Waals surface area contributed by atoms with Gasteiger partial charge >= 0.3 is 5.69 Å². The van der Waals surface area contributed by atoms with E-state index in [0.717, 1.165) is 5.82 Å². The number of nitro groups is 1. The highest BCUT2D eigenvalue weighted by Gasteiger charge is 2.30. The summed E-state index contributed by atoms with van der Waals surface area (Å²) in [5.41, 5.74) is 5.48. The maximum atomic E-state index is 11.7. The molecule has 0 unspecified atom stereocenters. The van der Waals surface area contributed by atoms with Crippen molar-refractivity contribution < 1.29 is 4.92 Å². The van der Waals surface area contributed by atoms with E-state index < -0.39 is 4.92 Å². The minimum Gasteiger partial charge on any atom is -0.353 e. The van der Waals surface area contributed by atoms with Crippen LogP contribution in [0.5, 0.6) is 0 Å². The van der Waals surface area contributed by atoms with E-state index >= 15 is 0 Å². The number of rotatable bonds is 5. The number of hydrogen-bond acceptors (Lipinski definition) is 9. The first-order valence-electron chi connectivity index (χ1n) is 8.78. The molecule has 2 aromatic heterocycles. The smallest absolute Gasteiger partial charge is 0.353 e. The Morgan fingerprint density at radius 3 is 2.37 bits per heavy atom. The predicted octanol–water partition coefficient (Wildman–Crippen LogP) is 1.82. The lowest BCUT2D eigenvalue weighted by Gasteiger charge is -2.35. The lowest BCUT2D eigenvalue weighted by atomic mass is 10.1. The van der Waals surface area contributed by atoms with E-state index in [-0.39, 0.29) is 17.0 Å². The summed E-state index contributed by atoms with van der Waals surface area (Å²) in [5, 5.41) is 11.7. The van der Waals surface area contributed by atoms with Crippen LogP contribution < -0.4 is 20.7 Å². The van der Waals surface area contributed by atoms with E-state index in [0.29, 0.717) is 32.0 Å².